The van der Waals surface area contributed by atoms with E-state index < -0.39 is 11.2 Å². The number of ketones is 1. The van der Waals surface area contributed by atoms with Gasteiger partial charge in [-0.1, -0.05) is 36.7 Å². The van der Waals surface area contributed by atoms with Crippen LogP contribution in [0.1, 0.15) is 45.7 Å². The van der Waals surface area contributed by atoms with Crippen molar-refractivity contribution in [3.8, 4) is 11.1 Å². The summed E-state index contributed by atoms with van der Waals surface area (Å²) in [7, 11) is 0. The number of benzene rings is 2. The third-order valence-electron chi connectivity index (χ3n) is 5.09. The molecular formula is C23H24ClFO3. The minimum atomic E-state index is -1.05. The van der Waals surface area contributed by atoms with Gasteiger partial charge in [-0.3, -0.25) is 4.79 Å². The van der Waals surface area contributed by atoms with Gasteiger partial charge in [-0.25, -0.2) is 4.39 Å². The number of carbonyl (C=O) groups excluding carboxylic acids is 1. The van der Waals surface area contributed by atoms with Crippen LogP contribution in [-0.2, 0) is 16.0 Å². The molecule has 0 aliphatic carbocycles. The number of ether oxygens (including phenoxy) is 1. The highest BCUT2D eigenvalue weighted by Gasteiger charge is 2.47. The largest absolute Gasteiger partial charge is 0.508 e. The fraction of sp³-hybridized carbons (Fsp3) is 0.348. The molecule has 0 spiro atoms. The van der Waals surface area contributed by atoms with Crippen molar-refractivity contribution in [2.45, 2.75) is 52.2 Å². The lowest BCUT2D eigenvalue weighted by Gasteiger charge is -2.40. The third kappa shape index (κ3) is 3.47. The number of halogens is 2. The highest BCUT2D eigenvalue weighted by atomic mass is 35.5. The first-order valence-corrected chi connectivity index (χ1v) is 9.63. The Hall–Kier alpha value is -2.17. The molecule has 0 atom stereocenters. The summed E-state index contributed by atoms with van der Waals surface area (Å²) in [5.41, 5.74) is 1.09. The second-order valence-corrected chi connectivity index (χ2v) is 8.43. The highest BCUT2D eigenvalue weighted by Crippen LogP contribution is 2.41. The van der Waals surface area contributed by atoms with Crippen LogP contribution >= 0.6 is 11.6 Å². The number of Topliss-reactive ketones (excluding diaryl/α,β-unsaturated/α-hetero) is 1. The number of rotatable bonds is 3. The van der Waals surface area contributed by atoms with Gasteiger partial charge in [0.25, 0.3) is 0 Å². The van der Waals surface area contributed by atoms with E-state index in [0.29, 0.717) is 22.6 Å². The molecule has 0 amide bonds. The lowest BCUT2D eigenvalue weighted by atomic mass is 9.81. The third-order valence-corrected chi connectivity index (χ3v) is 5.42. The van der Waals surface area contributed by atoms with E-state index in [1.54, 1.807) is 39.8 Å². The molecule has 1 aliphatic heterocycles. The number of aliphatic hydroxyl groups is 1. The van der Waals surface area contributed by atoms with E-state index in [1.807, 2.05) is 13.0 Å². The maximum absolute atomic E-state index is 13.7. The van der Waals surface area contributed by atoms with Gasteiger partial charge in [-0.2, -0.15) is 0 Å². The Morgan fingerprint density at radius 3 is 2.36 bits per heavy atom. The maximum Gasteiger partial charge on any atom is 0.198 e. The summed E-state index contributed by atoms with van der Waals surface area (Å²) in [5.74, 6) is -0.719. The summed E-state index contributed by atoms with van der Waals surface area (Å²) in [5, 5.41) is 11.2. The number of hydrogen-bond donors (Lipinski definition) is 1. The Kier molecular flexibility index (Phi) is 5.15. The molecule has 1 aliphatic rings. The van der Waals surface area contributed by atoms with Gasteiger partial charge in [0.2, 0.25) is 0 Å². The zero-order valence-electron chi connectivity index (χ0n) is 16.7. The standard InChI is InChI=1S/C23H24ClFO3/c1-6-13-11-14(17-12-15(25)8-10-18(17)24)7-9-16(13)19-20(26)22(2,3)28-23(4,5)21(19)27/h7-12,26H,6H2,1-5H3. The molecule has 3 rings (SSSR count). The lowest BCUT2D eigenvalue weighted by molar-refractivity contribution is -0.158. The SMILES string of the molecule is CCc1cc(-c2cc(F)ccc2Cl)ccc1C1=C(O)C(C)(C)OC(C)(C)C1=O. The molecule has 0 aromatic heterocycles. The van der Waals surface area contributed by atoms with Gasteiger partial charge in [0.05, 0.1) is 5.57 Å². The van der Waals surface area contributed by atoms with Gasteiger partial charge in [-0.05, 0) is 69.0 Å². The van der Waals surface area contributed by atoms with Gasteiger partial charge in [0, 0.05) is 10.6 Å². The average molecular weight is 403 g/mol. The molecular weight excluding hydrogens is 379 g/mol. The van der Waals surface area contributed by atoms with E-state index in [9.17, 15) is 14.3 Å². The van der Waals surface area contributed by atoms with Crippen molar-refractivity contribution in [3.63, 3.8) is 0 Å². The zero-order chi connectivity index (χ0) is 20.9. The van der Waals surface area contributed by atoms with Crippen molar-refractivity contribution in [1.82, 2.24) is 0 Å². The Balaban J connectivity index is 2.20. The van der Waals surface area contributed by atoms with Crippen LogP contribution in [0.4, 0.5) is 4.39 Å². The van der Waals surface area contributed by atoms with Crippen LogP contribution in [0.15, 0.2) is 42.2 Å². The molecule has 1 heterocycles. The van der Waals surface area contributed by atoms with Crippen molar-refractivity contribution in [2.24, 2.45) is 0 Å². The molecule has 148 valence electrons. The highest BCUT2D eigenvalue weighted by molar-refractivity contribution is 6.33. The Morgan fingerprint density at radius 2 is 1.71 bits per heavy atom. The van der Waals surface area contributed by atoms with Crippen LogP contribution in [0.3, 0.4) is 0 Å². The lowest BCUT2D eigenvalue weighted by Crippen LogP contribution is -2.49. The van der Waals surface area contributed by atoms with Crippen LogP contribution in [0.5, 0.6) is 0 Å². The minimum absolute atomic E-state index is 0.0805. The maximum atomic E-state index is 13.7. The second kappa shape index (κ2) is 7.02. The molecule has 0 radical (unpaired) electrons. The predicted molar refractivity (Wildman–Crippen MR) is 110 cm³/mol. The smallest absolute Gasteiger partial charge is 0.198 e. The van der Waals surface area contributed by atoms with Crippen molar-refractivity contribution < 1.29 is 19.0 Å². The molecule has 2 aromatic rings. The normalized spacial score (nSPS) is 18.5. The monoisotopic (exact) mass is 402 g/mol. The van der Waals surface area contributed by atoms with E-state index >= 15 is 0 Å². The van der Waals surface area contributed by atoms with E-state index in [-0.39, 0.29) is 22.9 Å². The predicted octanol–water partition coefficient (Wildman–Crippen LogP) is 6.13. The summed E-state index contributed by atoms with van der Waals surface area (Å²) in [6, 6.07) is 9.69. The van der Waals surface area contributed by atoms with Crippen molar-refractivity contribution in [1.29, 1.82) is 0 Å². The molecule has 5 heteroatoms. The zero-order valence-corrected chi connectivity index (χ0v) is 17.4. The van der Waals surface area contributed by atoms with Crippen LogP contribution in [-0.4, -0.2) is 22.1 Å². The number of carbonyl (C=O) groups is 1. The molecule has 0 unspecified atom stereocenters. The summed E-state index contributed by atoms with van der Waals surface area (Å²) >= 11 is 6.25. The topological polar surface area (TPSA) is 46.5 Å². The van der Waals surface area contributed by atoms with Crippen molar-refractivity contribution in [2.75, 3.05) is 0 Å². The number of aryl methyl sites for hydroxylation is 1. The first-order valence-electron chi connectivity index (χ1n) is 9.25. The molecule has 1 N–H and O–H groups in total. The first-order chi connectivity index (χ1) is 13.0. The molecule has 0 saturated heterocycles. The van der Waals surface area contributed by atoms with E-state index in [2.05, 4.69) is 0 Å². The Morgan fingerprint density at radius 1 is 1.04 bits per heavy atom. The summed E-state index contributed by atoms with van der Waals surface area (Å²) in [6.07, 6.45) is 0.627. The summed E-state index contributed by atoms with van der Waals surface area (Å²) < 4.78 is 19.5. The fourth-order valence-corrected chi connectivity index (χ4v) is 3.94. The number of aliphatic hydroxyl groups excluding tert-OH is 1. The minimum Gasteiger partial charge on any atom is -0.508 e. The molecule has 28 heavy (non-hydrogen) atoms. The molecule has 0 bridgehead atoms. The van der Waals surface area contributed by atoms with Gasteiger partial charge in [0.15, 0.2) is 5.78 Å². The van der Waals surface area contributed by atoms with Crippen molar-refractivity contribution >= 4 is 23.0 Å². The van der Waals surface area contributed by atoms with Crippen LogP contribution in [0.2, 0.25) is 5.02 Å². The van der Waals surface area contributed by atoms with E-state index in [1.165, 1.54) is 18.2 Å². The quantitative estimate of drug-likeness (QED) is 0.671. The average Bonchev–Trinajstić information content (AvgIpc) is 2.62. The van der Waals surface area contributed by atoms with Crippen molar-refractivity contribution in [3.05, 3.63) is 64.1 Å². The van der Waals surface area contributed by atoms with Crippen LogP contribution < -0.4 is 0 Å². The first kappa shape index (κ1) is 20.6. The fourth-order valence-electron chi connectivity index (χ4n) is 3.71. The molecule has 0 fully saturated rings. The van der Waals surface area contributed by atoms with E-state index in [0.717, 1.165) is 11.1 Å². The van der Waals surface area contributed by atoms with Gasteiger partial charge < -0.3 is 9.84 Å². The molecule has 3 nitrogen and oxygen atoms in total. The van der Waals surface area contributed by atoms with E-state index in [4.69, 9.17) is 16.3 Å². The summed E-state index contributed by atoms with van der Waals surface area (Å²) in [4.78, 5) is 13.1. The molecule has 0 saturated carbocycles. The Bertz CT molecular complexity index is 989. The van der Waals surface area contributed by atoms with Gasteiger partial charge >= 0.3 is 0 Å². The van der Waals surface area contributed by atoms with Crippen LogP contribution in [0, 0.1) is 5.82 Å². The van der Waals surface area contributed by atoms with Crippen LogP contribution in [0.25, 0.3) is 16.7 Å². The number of hydrogen-bond acceptors (Lipinski definition) is 3. The summed E-state index contributed by atoms with van der Waals surface area (Å²) in [6.45, 7) is 8.85. The second-order valence-electron chi connectivity index (χ2n) is 8.03. The Labute approximate surface area is 169 Å². The molecule has 2 aromatic carbocycles. The van der Waals surface area contributed by atoms with Gasteiger partial charge in [0.1, 0.15) is 22.8 Å². The van der Waals surface area contributed by atoms with Gasteiger partial charge in [-0.15, -0.1) is 0 Å².